The lowest BCUT2D eigenvalue weighted by molar-refractivity contribution is 0.0485. The summed E-state index contributed by atoms with van der Waals surface area (Å²) in [5.41, 5.74) is 0.953. The third-order valence-corrected chi connectivity index (χ3v) is 5.11. The molecule has 3 rings (SSSR count). The van der Waals surface area contributed by atoms with Gasteiger partial charge in [-0.1, -0.05) is 5.92 Å². The fourth-order valence-corrected chi connectivity index (χ4v) is 3.72. The minimum Gasteiger partial charge on any atom is -0.491 e. The molecule has 0 radical (unpaired) electrons. The summed E-state index contributed by atoms with van der Waals surface area (Å²) in [4.78, 5) is 8.98. The Bertz CT molecular complexity index is 717. The van der Waals surface area contributed by atoms with E-state index in [1.165, 1.54) is 0 Å². The number of ether oxygens (including phenoxy) is 1. The number of benzene rings is 1. The number of aryl methyl sites for hydroxylation is 1. The van der Waals surface area contributed by atoms with Gasteiger partial charge < -0.3 is 9.84 Å². The number of terminal acetylenes is 1. The molecule has 24 heavy (non-hydrogen) atoms. The van der Waals surface area contributed by atoms with Gasteiger partial charge in [0.1, 0.15) is 18.5 Å². The quantitative estimate of drug-likeness (QED) is 0.806. The third-order valence-electron chi connectivity index (χ3n) is 4.16. The minimum atomic E-state index is -0.503. The van der Waals surface area contributed by atoms with Crippen molar-refractivity contribution < 1.29 is 9.84 Å². The van der Waals surface area contributed by atoms with Crippen LogP contribution in [0, 0.1) is 19.3 Å². The number of rotatable bonds is 6. The summed E-state index contributed by atoms with van der Waals surface area (Å²) in [6, 6.07) is 5.89. The van der Waals surface area contributed by atoms with Crippen LogP contribution in [0.3, 0.4) is 0 Å². The summed E-state index contributed by atoms with van der Waals surface area (Å²) >= 11 is 1.67. The van der Waals surface area contributed by atoms with Gasteiger partial charge in [-0.2, -0.15) is 0 Å². The largest absolute Gasteiger partial charge is 0.491 e. The first kappa shape index (κ1) is 17.2. The SMILES string of the molecule is C#CCN1CCN(C[C@@H](O)COc2ccc3sc(C)nc3c2)CC1. The number of aliphatic hydroxyl groups excluding tert-OH is 1. The van der Waals surface area contributed by atoms with Crippen LogP contribution in [0.5, 0.6) is 5.75 Å². The molecule has 0 amide bonds. The van der Waals surface area contributed by atoms with Gasteiger partial charge >= 0.3 is 0 Å². The Kier molecular flexibility index (Phi) is 5.69. The first-order valence-electron chi connectivity index (χ1n) is 8.20. The molecule has 1 N–H and O–H groups in total. The maximum absolute atomic E-state index is 10.2. The van der Waals surface area contributed by atoms with Gasteiger partial charge in [-0.05, 0) is 19.1 Å². The highest BCUT2D eigenvalue weighted by molar-refractivity contribution is 7.18. The standard InChI is InChI=1S/C18H23N3O2S/c1-3-6-20-7-9-21(10-8-20)12-15(22)13-23-16-4-5-18-17(11-16)19-14(2)24-18/h1,4-5,11,15,22H,6-10,12-13H2,2H3/t15-/m1/s1. The molecule has 2 heterocycles. The number of hydrogen-bond donors (Lipinski definition) is 1. The fraction of sp³-hybridized carbons (Fsp3) is 0.500. The molecule has 0 aliphatic carbocycles. The second kappa shape index (κ2) is 7.95. The van der Waals surface area contributed by atoms with Crippen molar-refractivity contribution in [3.8, 4) is 18.1 Å². The lowest BCUT2D eigenvalue weighted by Gasteiger charge is -2.34. The summed E-state index contributed by atoms with van der Waals surface area (Å²) in [7, 11) is 0. The molecule has 0 saturated carbocycles. The molecule has 5 nitrogen and oxygen atoms in total. The second-order valence-corrected chi connectivity index (χ2v) is 7.34. The van der Waals surface area contributed by atoms with Crippen molar-refractivity contribution in [2.45, 2.75) is 13.0 Å². The van der Waals surface area contributed by atoms with E-state index in [2.05, 4.69) is 20.7 Å². The van der Waals surface area contributed by atoms with Gasteiger partial charge in [0, 0.05) is 38.8 Å². The van der Waals surface area contributed by atoms with E-state index in [9.17, 15) is 5.11 Å². The zero-order chi connectivity index (χ0) is 16.9. The van der Waals surface area contributed by atoms with Crippen LogP contribution in [0.2, 0.25) is 0 Å². The molecule has 0 bridgehead atoms. The fourth-order valence-electron chi connectivity index (χ4n) is 2.91. The normalized spacial score (nSPS) is 17.7. The van der Waals surface area contributed by atoms with Crippen LogP contribution in [0.1, 0.15) is 5.01 Å². The predicted octanol–water partition coefficient (Wildman–Crippen LogP) is 1.60. The van der Waals surface area contributed by atoms with Crippen LogP contribution in [-0.4, -0.2) is 71.9 Å². The third kappa shape index (κ3) is 4.46. The number of fused-ring (bicyclic) bond motifs is 1. The van der Waals surface area contributed by atoms with Crippen molar-refractivity contribution in [1.82, 2.24) is 14.8 Å². The Labute approximate surface area is 146 Å². The highest BCUT2D eigenvalue weighted by atomic mass is 32.1. The number of thiazole rings is 1. The first-order chi connectivity index (χ1) is 11.6. The Balaban J connectivity index is 1.45. The average molecular weight is 345 g/mol. The Morgan fingerprint density at radius 2 is 2.08 bits per heavy atom. The van der Waals surface area contributed by atoms with Gasteiger partial charge in [0.2, 0.25) is 0 Å². The van der Waals surface area contributed by atoms with E-state index in [0.717, 1.165) is 47.2 Å². The topological polar surface area (TPSA) is 48.8 Å². The van der Waals surface area contributed by atoms with Gasteiger partial charge in [0.25, 0.3) is 0 Å². The number of aromatic nitrogens is 1. The molecule has 0 unspecified atom stereocenters. The molecule has 1 aromatic heterocycles. The molecule has 1 saturated heterocycles. The minimum absolute atomic E-state index is 0.291. The maximum Gasteiger partial charge on any atom is 0.121 e. The van der Waals surface area contributed by atoms with Crippen LogP contribution in [-0.2, 0) is 0 Å². The number of aliphatic hydroxyl groups is 1. The molecular weight excluding hydrogens is 322 g/mol. The van der Waals surface area contributed by atoms with Gasteiger partial charge in [0.15, 0.2) is 0 Å². The molecule has 6 heteroatoms. The monoisotopic (exact) mass is 345 g/mol. The van der Waals surface area contributed by atoms with Gasteiger partial charge in [-0.15, -0.1) is 17.8 Å². The highest BCUT2D eigenvalue weighted by Crippen LogP contribution is 2.25. The predicted molar refractivity (Wildman–Crippen MR) is 97.6 cm³/mol. The van der Waals surface area contributed by atoms with E-state index < -0.39 is 6.10 Å². The van der Waals surface area contributed by atoms with E-state index in [0.29, 0.717) is 19.7 Å². The molecule has 1 fully saturated rings. The molecule has 2 aromatic rings. The van der Waals surface area contributed by atoms with Crippen LogP contribution in [0.4, 0.5) is 0 Å². The van der Waals surface area contributed by atoms with Crippen molar-refractivity contribution in [2.24, 2.45) is 0 Å². The molecule has 128 valence electrons. The van der Waals surface area contributed by atoms with E-state index in [1.54, 1.807) is 11.3 Å². The molecular formula is C18H23N3O2S. The van der Waals surface area contributed by atoms with Gasteiger partial charge in [-0.25, -0.2) is 4.98 Å². The Morgan fingerprint density at radius 1 is 1.33 bits per heavy atom. The number of nitrogens with zero attached hydrogens (tertiary/aromatic N) is 3. The van der Waals surface area contributed by atoms with E-state index in [4.69, 9.17) is 11.2 Å². The van der Waals surface area contributed by atoms with Crippen molar-refractivity contribution >= 4 is 21.6 Å². The lowest BCUT2D eigenvalue weighted by Crippen LogP contribution is -2.49. The van der Waals surface area contributed by atoms with E-state index >= 15 is 0 Å². The van der Waals surface area contributed by atoms with Gasteiger partial charge in [-0.3, -0.25) is 9.80 Å². The molecule has 0 spiro atoms. The van der Waals surface area contributed by atoms with E-state index in [-0.39, 0.29) is 0 Å². The second-order valence-electron chi connectivity index (χ2n) is 6.11. The summed E-state index contributed by atoms with van der Waals surface area (Å²) in [6.45, 7) is 7.40. The summed E-state index contributed by atoms with van der Waals surface area (Å²) in [5.74, 6) is 3.43. The molecule has 1 atom stereocenters. The van der Waals surface area contributed by atoms with Crippen LogP contribution in [0.15, 0.2) is 18.2 Å². The van der Waals surface area contributed by atoms with Crippen LogP contribution in [0.25, 0.3) is 10.2 Å². The van der Waals surface area contributed by atoms with Gasteiger partial charge in [0.05, 0.1) is 21.8 Å². The maximum atomic E-state index is 10.2. The van der Waals surface area contributed by atoms with Crippen LogP contribution >= 0.6 is 11.3 Å². The van der Waals surface area contributed by atoms with Crippen molar-refractivity contribution in [3.63, 3.8) is 0 Å². The Morgan fingerprint density at radius 3 is 2.83 bits per heavy atom. The summed E-state index contributed by atoms with van der Waals surface area (Å²) < 4.78 is 6.90. The summed E-state index contributed by atoms with van der Waals surface area (Å²) in [6.07, 6.45) is 4.84. The van der Waals surface area contributed by atoms with Crippen molar-refractivity contribution in [1.29, 1.82) is 0 Å². The van der Waals surface area contributed by atoms with Crippen LogP contribution < -0.4 is 4.74 Å². The average Bonchev–Trinajstić information content (AvgIpc) is 2.94. The smallest absolute Gasteiger partial charge is 0.121 e. The van der Waals surface area contributed by atoms with Crippen molar-refractivity contribution in [2.75, 3.05) is 45.9 Å². The molecule has 1 aliphatic rings. The zero-order valence-electron chi connectivity index (χ0n) is 13.9. The Hall–Kier alpha value is -1.65. The zero-order valence-corrected chi connectivity index (χ0v) is 14.8. The highest BCUT2D eigenvalue weighted by Gasteiger charge is 2.19. The number of β-amino-alcohol motifs (C(OH)–C–C–N with tert-alkyl or cyclic N) is 1. The first-order valence-corrected chi connectivity index (χ1v) is 9.02. The lowest BCUT2D eigenvalue weighted by atomic mass is 10.2. The number of piperazine rings is 1. The molecule has 1 aliphatic heterocycles. The van der Waals surface area contributed by atoms with E-state index in [1.807, 2.05) is 25.1 Å². The van der Waals surface area contributed by atoms with Crippen molar-refractivity contribution in [3.05, 3.63) is 23.2 Å². The number of hydrogen-bond acceptors (Lipinski definition) is 6. The summed E-state index contributed by atoms with van der Waals surface area (Å²) in [5, 5.41) is 11.3. The molecule has 1 aromatic carbocycles.